The van der Waals surface area contributed by atoms with Crippen LogP contribution in [0.25, 0.3) is 0 Å². The first-order chi connectivity index (χ1) is 10.0. The van der Waals surface area contributed by atoms with Crippen LogP contribution in [0.2, 0.25) is 0 Å². The molecule has 2 heterocycles. The standard InChI is InChI=1S/C14H19BrN2O3S/c1-3-20-14(19)16-10-5-4-6-17(8-10)13(18)11-7-9(2)12(15)21-11/h7,10H,3-6,8H2,1-2H3,(H,16,19). The van der Waals surface area contributed by atoms with Crippen LogP contribution in [0, 0.1) is 6.92 Å². The van der Waals surface area contributed by atoms with Gasteiger partial charge in [-0.25, -0.2) is 4.79 Å². The molecule has 1 saturated heterocycles. The summed E-state index contributed by atoms with van der Waals surface area (Å²) < 4.78 is 5.88. The van der Waals surface area contributed by atoms with Gasteiger partial charge in [-0.1, -0.05) is 0 Å². The van der Waals surface area contributed by atoms with Gasteiger partial charge in [-0.3, -0.25) is 4.79 Å². The number of aryl methyl sites for hydroxylation is 1. The second-order valence-electron chi connectivity index (χ2n) is 5.02. The summed E-state index contributed by atoms with van der Waals surface area (Å²) in [6.45, 7) is 5.36. The molecule has 0 saturated carbocycles. The smallest absolute Gasteiger partial charge is 0.407 e. The fourth-order valence-electron chi connectivity index (χ4n) is 2.34. The van der Waals surface area contributed by atoms with Crippen molar-refractivity contribution in [2.45, 2.75) is 32.7 Å². The fraction of sp³-hybridized carbons (Fsp3) is 0.571. The quantitative estimate of drug-likeness (QED) is 0.883. The topological polar surface area (TPSA) is 58.6 Å². The third-order valence-corrected chi connectivity index (χ3v) is 5.50. The van der Waals surface area contributed by atoms with Gasteiger partial charge >= 0.3 is 6.09 Å². The number of ether oxygens (including phenoxy) is 1. The van der Waals surface area contributed by atoms with Crippen molar-refractivity contribution in [3.8, 4) is 0 Å². The maximum atomic E-state index is 12.5. The van der Waals surface area contributed by atoms with Crippen LogP contribution in [-0.4, -0.2) is 42.6 Å². The van der Waals surface area contributed by atoms with E-state index < -0.39 is 6.09 Å². The fourth-order valence-corrected chi connectivity index (χ4v) is 3.84. The molecule has 2 rings (SSSR count). The zero-order chi connectivity index (χ0) is 15.4. The minimum Gasteiger partial charge on any atom is -0.450 e. The summed E-state index contributed by atoms with van der Waals surface area (Å²) in [7, 11) is 0. The molecule has 0 aromatic carbocycles. The van der Waals surface area contributed by atoms with Crippen LogP contribution in [0.5, 0.6) is 0 Å². The molecule has 5 nitrogen and oxygen atoms in total. The zero-order valence-corrected chi connectivity index (χ0v) is 14.6. The Labute approximate surface area is 136 Å². The molecule has 21 heavy (non-hydrogen) atoms. The maximum Gasteiger partial charge on any atom is 0.407 e. The molecule has 0 bridgehead atoms. The molecule has 1 N–H and O–H groups in total. The van der Waals surface area contributed by atoms with Crippen molar-refractivity contribution in [1.82, 2.24) is 10.2 Å². The van der Waals surface area contributed by atoms with Gasteiger partial charge in [0.1, 0.15) is 0 Å². The van der Waals surface area contributed by atoms with E-state index in [1.807, 2.05) is 13.0 Å². The third-order valence-electron chi connectivity index (χ3n) is 3.37. The van der Waals surface area contributed by atoms with Gasteiger partial charge in [0.05, 0.1) is 15.3 Å². The highest BCUT2D eigenvalue weighted by molar-refractivity contribution is 9.11. The number of thiophene rings is 1. The summed E-state index contributed by atoms with van der Waals surface area (Å²) >= 11 is 4.90. The second-order valence-corrected chi connectivity index (χ2v) is 7.39. The van der Waals surface area contributed by atoms with E-state index in [0.717, 1.165) is 33.6 Å². The number of piperidine rings is 1. The van der Waals surface area contributed by atoms with Crippen molar-refractivity contribution in [3.05, 3.63) is 20.3 Å². The van der Waals surface area contributed by atoms with Crippen LogP contribution in [0.3, 0.4) is 0 Å². The number of carbonyl (C=O) groups is 2. The average molecular weight is 375 g/mol. The SMILES string of the molecule is CCOC(=O)NC1CCCN(C(=O)c2cc(C)c(Br)s2)C1. The Kier molecular flexibility index (Phi) is 5.64. The molecule has 1 fully saturated rings. The van der Waals surface area contributed by atoms with Crippen LogP contribution in [0.1, 0.15) is 35.0 Å². The molecule has 0 aliphatic carbocycles. The predicted octanol–water partition coefficient (Wildman–Crippen LogP) is 3.17. The summed E-state index contributed by atoms with van der Waals surface area (Å²) in [5, 5.41) is 2.81. The van der Waals surface area contributed by atoms with Crippen LogP contribution in [-0.2, 0) is 4.74 Å². The van der Waals surface area contributed by atoms with Gasteiger partial charge in [-0.05, 0) is 54.2 Å². The highest BCUT2D eigenvalue weighted by Gasteiger charge is 2.26. The monoisotopic (exact) mass is 374 g/mol. The van der Waals surface area contributed by atoms with Crippen molar-refractivity contribution in [2.75, 3.05) is 19.7 Å². The molecule has 0 spiro atoms. The van der Waals surface area contributed by atoms with Gasteiger partial charge < -0.3 is 15.0 Å². The second kappa shape index (κ2) is 7.26. The van der Waals surface area contributed by atoms with Gasteiger partial charge in [-0.15, -0.1) is 11.3 Å². The molecule has 116 valence electrons. The molecule has 1 aromatic heterocycles. The summed E-state index contributed by atoms with van der Waals surface area (Å²) in [5.74, 6) is 0.0316. The number of likely N-dealkylation sites (tertiary alicyclic amines) is 1. The number of halogens is 1. The lowest BCUT2D eigenvalue weighted by molar-refractivity contribution is 0.0691. The number of nitrogens with one attached hydrogen (secondary N) is 1. The molecule has 1 aromatic rings. The Bertz CT molecular complexity index is 513. The average Bonchev–Trinajstić information content (AvgIpc) is 2.78. The van der Waals surface area contributed by atoms with Crippen molar-refractivity contribution in [1.29, 1.82) is 0 Å². The van der Waals surface area contributed by atoms with Crippen molar-refractivity contribution < 1.29 is 14.3 Å². The number of alkyl carbamates (subject to hydrolysis) is 1. The molecule has 1 atom stereocenters. The van der Waals surface area contributed by atoms with Gasteiger partial charge in [0.15, 0.2) is 0 Å². The van der Waals surface area contributed by atoms with E-state index in [1.54, 1.807) is 11.8 Å². The number of amides is 2. The molecule has 0 radical (unpaired) electrons. The van der Waals surface area contributed by atoms with Gasteiger partial charge in [0, 0.05) is 19.1 Å². The Balaban J connectivity index is 1.97. The first-order valence-corrected chi connectivity index (χ1v) is 8.60. The summed E-state index contributed by atoms with van der Waals surface area (Å²) in [6, 6.07) is 1.87. The Morgan fingerprint density at radius 2 is 2.33 bits per heavy atom. The summed E-state index contributed by atoms with van der Waals surface area (Å²) in [6.07, 6.45) is 1.34. The van der Waals surface area contributed by atoms with Crippen molar-refractivity contribution in [3.63, 3.8) is 0 Å². The van der Waals surface area contributed by atoms with E-state index in [-0.39, 0.29) is 11.9 Å². The molecule has 2 amide bonds. The number of carbonyl (C=O) groups excluding carboxylic acids is 2. The number of nitrogens with zero attached hydrogens (tertiary/aromatic N) is 1. The van der Waals surface area contributed by atoms with E-state index in [9.17, 15) is 9.59 Å². The third kappa shape index (κ3) is 4.20. The molecule has 1 unspecified atom stereocenters. The largest absolute Gasteiger partial charge is 0.450 e. The van der Waals surface area contributed by atoms with E-state index in [2.05, 4.69) is 21.2 Å². The number of hydrogen-bond acceptors (Lipinski definition) is 4. The lowest BCUT2D eigenvalue weighted by Crippen LogP contribution is -2.49. The van der Waals surface area contributed by atoms with E-state index in [0.29, 0.717) is 13.2 Å². The van der Waals surface area contributed by atoms with E-state index in [1.165, 1.54) is 11.3 Å². The molecule has 7 heteroatoms. The summed E-state index contributed by atoms with van der Waals surface area (Å²) in [5.41, 5.74) is 1.07. The highest BCUT2D eigenvalue weighted by atomic mass is 79.9. The minimum atomic E-state index is -0.411. The summed E-state index contributed by atoms with van der Waals surface area (Å²) in [4.78, 5) is 26.5. The lowest BCUT2D eigenvalue weighted by atomic mass is 10.1. The van der Waals surface area contributed by atoms with Crippen molar-refractivity contribution >= 4 is 39.3 Å². The van der Waals surface area contributed by atoms with Crippen LogP contribution < -0.4 is 5.32 Å². The molecular formula is C14H19BrN2O3S. The van der Waals surface area contributed by atoms with E-state index in [4.69, 9.17) is 4.74 Å². The van der Waals surface area contributed by atoms with Crippen LogP contribution in [0.15, 0.2) is 9.85 Å². The Morgan fingerprint density at radius 1 is 1.57 bits per heavy atom. The van der Waals surface area contributed by atoms with Gasteiger partial charge in [-0.2, -0.15) is 0 Å². The van der Waals surface area contributed by atoms with Crippen LogP contribution in [0.4, 0.5) is 4.79 Å². The van der Waals surface area contributed by atoms with Gasteiger partial charge in [0.2, 0.25) is 0 Å². The first-order valence-electron chi connectivity index (χ1n) is 6.99. The highest BCUT2D eigenvalue weighted by Crippen LogP contribution is 2.28. The predicted molar refractivity (Wildman–Crippen MR) is 85.8 cm³/mol. The van der Waals surface area contributed by atoms with Crippen molar-refractivity contribution in [2.24, 2.45) is 0 Å². The van der Waals surface area contributed by atoms with Gasteiger partial charge in [0.25, 0.3) is 5.91 Å². The molecule has 1 aliphatic heterocycles. The lowest BCUT2D eigenvalue weighted by Gasteiger charge is -2.32. The number of hydrogen-bond donors (Lipinski definition) is 1. The Hall–Kier alpha value is -1.08. The Morgan fingerprint density at radius 3 is 2.95 bits per heavy atom. The van der Waals surface area contributed by atoms with Crippen LogP contribution >= 0.6 is 27.3 Å². The maximum absolute atomic E-state index is 12.5. The van der Waals surface area contributed by atoms with E-state index >= 15 is 0 Å². The zero-order valence-electron chi connectivity index (χ0n) is 12.1. The minimum absolute atomic E-state index is 0.0316. The normalized spacial score (nSPS) is 18.4. The number of rotatable bonds is 3. The molecule has 1 aliphatic rings. The molecular weight excluding hydrogens is 356 g/mol. The first kappa shape index (κ1) is 16.3.